The van der Waals surface area contributed by atoms with Crippen LogP contribution in [0.2, 0.25) is 0 Å². The fourth-order valence-electron chi connectivity index (χ4n) is 1.15. The SMILES string of the molecule is CCC(C(=O)O)=C1C=CC=CN1N. The van der Waals surface area contributed by atoms with Gasteiger partial charge in [-0.3, -0.25) is 5.01 Å². The van der Waals surface area contributed by atoms with Crippen molar-refractivity contribution in [3.63, 3.8) is 0 Å². The van der Waals surface area contributed by atoms with Crippen molar-refractivity contribution in [2.45, 2.75) is 13.3 Å². The Hall–Kier alpha value is -1.55. The van der Waals surface area contributed by atoms with Gasteiger partial charge in [0, 0.05) is 6.20 Å². The first-order chi connectivity index (χ1) is 6.16. The molecule has 1 heterocycles. The van der Waals surface area contributed by atoms with Gasteiger partial charge in [0.25, 0.3) is 0 Å². The molecular weight excluding hydrogens is 168 g/mol. The molecule has 0 radical (unpaired) electrons. The fourth-order valence-corrected chi connectivity index (χ4v) is 1.15. The average molecular weight is 180 g/mol. The highest BCUT2D eigenvalue weighted by Gasteiger charge is 2.14. The van der Waals surface area contributed by atoms with E-state index in [1.807, 2.05) is 0 Å². The molecule has 1 aliphatic heterocycles. The molecule has 0 aromatic carbocycles. The lowest BCUT2D eigenvalue weighted by molar-refractivity contribution is -0.132. The van der Waals surface area contributed by atoms with E-state index in [1.165, 1.54) is 5.01 Å². The minimum Gasteiger partial charge on any atom is -0.478 e. The summed E-state index contributed by atoms with van der Waals surface area (Å²) < 4.78 is 0. The third-order valence-corrected chi connectivity index (χ3v) is 1.81. The van der Waals surface area contributed by atoms with E-state index in [1.54, 1.807) is 31.4 Å². The minimum atomic E-state index is -0.923. The van der Waals surface area contributed by atoms with E-state index in [-0.39, 0.29) is 0 Å². The normalized spacial score (nSPS) is 19.1. The van der Waals surface area contributed by atoms with Gasteiger partial charge in [0.15, 0.2) is 0 Å². The Balaban J connectivity index is 3.07. The lowest BCUT2D eigenvalue weighted by Gasteiger charge is -2.19. The summed E-state index contributed by atoms with van der Waals surface area (Å²) in [6.07, 6.45) is 7.27. The monoisotopic (exact) mass is 180 g/mol. The molecule has 0 fully saturated rings. The van der Waals surface area contributed by atoms with Crippen molar-refractivity contribution in [2.75, 3.05) is 0 Å². The number of hydrogen-bond donors (Lipinski definition) is 2. The predicted octanol–water partition coefficient (Wildman–Crippen LogP) is 0.994. The summed E-state index contributed by atoms with van der Waals surface area (Å²) in [6.45, 7) is 1.79. The second kappa shape index (κ2) is 3.91. The van der Waals surface area contributed by atoms with E-state index in [2.05, 4.69) is 0 Å². The van der Waals surface area contributed by atoms with Crippen molar-refractivity contribution >= 4 is 5.97 Å². The molecule has 70 valence electrons. The number of hydrogen-bond acceptors (Lipinski definition) is 3. The van der Waals surface area contributed by atoms with Crippen LogP contribution in [0.5, 0.6) is 0 Å². The number of allylic oxidation sites excluding steroid dienone is 3. The Morgan fingerprint density at radius 3 is 2.77 bits per heavy atom. The van der Waals surface area contributed by atoms with Gasteiger partial charge in [0.05, 0.1) is 11.3 Å². The van der Waals surface area contributed by atoms with E-state index in [0.717, 1.165) is 0 Å². The first-order valence-corrected chi connectivity index (χ1v) is 4.02. The van der Waals surface area contributed by atoms with Crippen molar-refractivity contribution in [1.82, 2.24) is 5.01 Å². The van der Waals surface area contributed by atoms with Crippen molar-refractivity contribution in [1.29, 1.82) is 0 Å². The molecule has 0 aliphatic carbocycles. The Morgan fingerprint density at radius 1 is 1.62 bits per heavy atom. The number of carbonyl (C=O) groups is 1. The summed E-state index contributed by atoms with van der Waals surface area (Å²) in [5, 5.41) is 10.2. The summed E-state index contributed by atoms with van der Waals surface area (Å²) >= 11 is 0. The third-order valence-electron chi connectivity index (χ3n) is 1.81. The van der Waals surface area contributed by atoms with Crippen LogP contribution in [0.1, 0.15) is 13.3 Å². The van der Waals surface area contributed by atoms with Crippen LogP contribution >= 0.6 is 0 Å². The van der Waals surface area contributed by atoms with E-state index in [4.69, 9.17) is 10.9 Å². The number of aliphatic carboxylic acids is 1. The maximum atomic E-state index is 10.8. The molecule has 0 spiro atoms. The number of nitrogens with zero attached hydrogens (tertiary/aromatic N) is 1. The van der Waals surface area contributed by atoms with Gasteiger partial charge in [-0.05, 0) is 18.6 Å². The largest absolute Gasteiger partial charge is 0.478 e. The lowest BCUT2D eigenvalue weighted by atomic mass is 10.1. The molecule has 0 amide bonds. The molecule has 0 bridgehead atoms. The standard InChI is InChI=1S/C9H12N2O2/c1-2-7(9(12)13)8-5-3-4-6-11(8)10/h3-6H,2,10H2,1H3,(H,12,13). The molecule has 0 saturated carbocycles. The van der Waals surface area contributed by atoms with Crippen molar-refractivity contribution in [3.8, 4) is 0 Å². The molecular formula is C9H12N2O2. The summed E-state index contributed by atoms with van der Waals surface area (Å²) in [5.74, 6) is 4.64. The van der Waals surface area contributed by atoms with Crippen LogP contribution in [0.3, 0.4) is 0 Å². The van der Waals surface area contributed by atoms with Crippen LogP contribution in [-0.2, 0) is 4.79 Å². The molecule has 4 heteroatoms. The second-order valence-corrected chi connectivity index (χ2v) is 2.63. The van der Waals surface area contributed by atoms with Crippen molar-refractivity contribution in [2.24, 2.45) is 5.84 Å². The Kier molecular flexibility index (Phi) is 2.87. The maximum Gasteiger partial charge on any atom is 0.333 e. The topological polar surface area (TPSA) is 66.6 Å². The zero-order valence-corrected chi connectivity index (χ0v) is 7.40. The fraction of sp³-hybridized carbons (Fsp3) is 0.222. The third kappa shape index (κ3) is 1.97. The second-order valence-electron chi connectivity index (χ2n) is 2.63. The zero-order chi connectivity index (χ0) is 9.84. The van der Waals surface area contributed by atoms with Crippen LogP contribution in [0.25, 0.3) is 0 Å². The Morgan fingerprint density at radius 2 is 2.31 bits per heavy atom. The molecule has 0 saturated heterocycles. The smallest absolute Gasteiger partial charge is 0.333 e. The summed E-state index contributed by atoms with van der Waals surface area (Å²) in [4.78, 5) is 10.8. The van der Waals surface area contributed by atoms with Gasteiger partial charge in [-0.15, -0.1) is 0 Å². The molecule has 3 N–H and O–H groups in total. The van der Waals surface area contributed by atoms with E-state index < -0.39 is 5.97 Å². The van der Waals surface area contributed by atoms with E-state index in [9.17, 15) is 4.79 Å². The first-order valence-electron chi connectivity index (χ1n) is 4.02. The Bertz CT molecular complexity index is 303. The number of hydrazine groups is 1. The minimum absolute atomic E-state index is 0.322. The maximum absolute atomic E-state index is 10.8. The molecule has 0 atom stereocenters. The highest BCUT2D eigenvalue weighted by molar-refractivity contribution is 5.88. The van der Waals surface area contributed by atoms with Gasteiger partial charge in [-0.1, -0.05) is 13.0 Å². The lowest BCUT2D eigenvalue weighted by Crippen LogP contribution is -2.27. The molecule has 1 rings (SSSR count). The highest BCUT2D eigenvalue weighted by Crippen LogP contribution is 2.15. The number of nitrogens with two attached hydrogens (primary N) is 1. The van der Waals surface area contributed by atoms with Crippen molar-refractivity contribution < 1.29 is 9.90 Å². The van der Waals surface area contributed by atoms with Crippen LogP contribution in [0.4, 0.5) is 0 Å². The predicted molar refractivity (Wildman–Crippen MR) is 49.3 cm³/mol. The molecule has 4 nitrogen and oxygen atoms in total. The summed E-state index contributed by atoms with van der Waals surface area (Å²) in [5.41, 5.74) is 0.862. The van der Waals surface area contributed by atoms with Gasteiger partial charge in [-0.2, -0.15) is 0 Å². The van der Waals surface area contributed by atoms with Gasteiger partial charge < -0.3 is 5.11 Å². The van der Waals surface area contributed by atoms with Crippen LogP contribution in [0.15, 0.2) is 35.7 Å². The molecule has 0 aromatic rings. The van der Waals surface area contributed by atoms with Gasteiger partial charge in [0.1, 0.15) is 0 Å². The summed E-state index contributed by atoms with van der Waals surface area (Å²) in [6, 6.07) is 0. The van der Waals surface area contributed by atoms with Crippen LogP contribution < -0.4 is 5.84 Å². The van der Waals surface area contributed by atoms with Gasteiger partial charge in [-0.25, -0.2) is 10.6 Å². The number of carboxylic acid groups (broad SMARTS) is 1. The Labute approximate surface area is 76.6 Å². The van der Waals surface area contributed by atoms with E-state index >= 15 is 0 Å². The zero-order valence-electron chi connectivity index (χ0n) is 7.40. The van der Waals surface area contributed by atoms with Crippen LogP contribution in [0, 0.1) is 0 Å². The highest BCUT2D eigenvalue weighted by atomic mass is 16.4. The first kappa shape index (κ1) is 9.54. The van der Waals surface area contributed by atoms with E-state index in [0.29, 0.717) is 17.7 Å². The van der Waals surface area contributed by atoms with Crippen LogP contribution in [-0.4, -0.2) is 16.1 Å². The molecule has 0 unspecified atom stereocenters. The number of rotatable bonds is 2. The van der Waals surface area contributed by atoms with Crippen molar-refractivity contribution in [3.05, 3.63) is 35.7 Å². The summed E-state index contributed by atoms with van der Waals surface area (Å²) in [7, 11) is 0. The average Bonchev–Trinajstić information content (AvgIpc) is 2.09. The molecule has 1 aliphatic rings. The number of carboxylic acids is 1. The van der Waals surface area contributed by atoms with Gasteiger partial charge in [0.2, 0.25) is 0 Å². The molecule has 0 aromatic heterocycles. The quantitative estimate of drug-likeness (QED) is 0.491. The van der Waals surface area contributed by atoms with Gasteiger partial charge >= 0.3 is 5.97 Å². The molecule has 13 heavy (non-hydrogen) atoms.